The smallest absolute Gasteiger partial charge is 0.0178 e. The second-order valence-electron chi connectivity index (χ2n) is 6.00. The first-order valence-electron chi connectivity index (χ1n) is 7.96. The molecule has 0 heteroatoms. The molecule has 0 radical (unpaired) electrons. The zero-order valence-corrected chi connectivity index (χ0v) is 13.2. The number of fused-ring (bicyclic) bond motifs is 2. The average molecular weight is 294 g/mol. The Balaban J connectivity index is 1.73. The molecule has 0 atom stereocenters. The van der Waals surface area contributed by atoms with E-state index < -0.39 is 0 Å². The number of hydrogen-bond acceptors (Lipinski definition) is 0. The minimum absolute atomic E-state index is 1.23. The van der Waals surface area contributed by atoms with Crippen molar-refractivity contribution < 1.29 is 0 Å². The van der Waals surface area contributed by atoms with Gasteiger partial charge in [-0.15, -0.1) is 0 Å². The summed E-state index contributed by atoms with van der Waals surface area (Å²) in [5.74, 6) is 0. The Bertz CT molecular complexity index is 1020. The summed E-state index contributed by atoms with van der Waals surface area (Å²) in [7, 11) is 0. The van der Waals surface area contributed by atoms with Crippen LogP contribution in [-0.2, 0) is 0 Å². The first kappa shape index (κ1) is 13.8. The van der Waals surface area contributed by atoms with Crippen LogP contribution in [0.25, 0.3) is 33.7 Å². The predicted octanol–water partition coefficient (Wildman–Crippen LogP) is 6.47. The van der Waals surface area contributed by atoms with E-state index in [1.807, 2.05) is 0 Å². The second kappa shape index (κ2) is 5.73. The van der Waals surface area contributed by atoms with Crippen molar-refractivity contribution in [1.29, 1.82) is 0 Å². The van der Waals surface area contributed by atoms with Gasteiger partial charge >= 0.3 is 0 Å². The summed E-state index contributed by atoms with van der Waals surface area (Å²) in [6.45, 7) is 2.17. The zero-order chi connectivity index (χ0) is 15.6. The summed E-state index contributed by atoms with van der Waals surface area (Å²) in [5, 5.41) is 5.15. The van der Waals surface area contributed by atoms with Crippen molar-refractivity contribution in [1.82, 2.24) is 0 Å². The molecule has 4 aromatic carbocycles. The van der Waals surface area contributed by atoms with Gasteiger partial charge in [0.05, 0.1) is 0 Å². The zero-order valence-electron chi connectivity index (χ0n) is 13.2. The van der Waals surface area contributed by atoms with Crippen molar-refractivity contribution in [3.63, 3.8) is 0 Å². The van der Waals surface area contributed by atoms with Crippen molar-refractivity contribution in [3.8, 4) is 0 Å². The van der Waals surface area contributed by atoms with Crippen molar-refractivity contribution in [2.24, 2.45) is 0 Å². The minimum Gasteiger partial charge on any atom is -0.0616 e. The van der Waals surface area contributed by atoms with Gasteiger partial charge in [-0.3, -0.25) is 0 Å². The van der Waals surface area contributed by atoms with Gasteiger partial charge in [-0.2, -0.15) is 0 Å². The topological polar surface area (TPSA) is 0 Å². The van der Waals surface area contributed by atoms with Gasteiger partial charge in [0, 0.05) is 0 Å². The van der Waals surface area contributed by atoms with Crippen LogP contribution in [0.2, 0.25) is 0 Å². The molecule has 0 heterocycles. The lowest BCUT2D eigenvalue weighted by Crippen LogP contribution is -1.82. The molecule has 23 heavy (non-hydrogen) atoms. The van der Waals surface area contributed by atoms with E-state index in [1.165, 1.54) is 38.2 Å². The van der Waals surface area contributed by atoms with E-state index in [1.54, 1.807) is 0 Å². The summed E-state index contributed by atoms with van der Waals surface area (Å²) in [4.78, 5) is 0. The van der Waals surface area contributed by atoms with Crippen LogP contribution < -0.4 is 0 Å². The van der Waals surface area contributed by atoms with Crippen LogP contribution in [0.3, 0.4) is 0 Å². The third-order valence-corrected chi connectivity index (χ3v) is 4.36. The maximum Gasteiger partial charge on any atom is -0.0178 e. The Labute approximate surface area is 136 Å². The van der Waals surface area contributed by atoms with E-state index in [2.05, 4.69) is 97.9 Å². The predicted molar refractivity (Wildman–Crippen MR) is 102 cm³/mol. The first-order chi connectivity index (χ1) is 11.3. The molecule has 0 fully saturated rings. The molecule has 0 aliphatic rings. The van der Waals surface area contributed by atoms with Gasteiger partial charge in [-0.1, -0.05) is 78.9 Å². The maximum absolute atomic E-state index is 2.27. The molecule has 4 rings (SSSR count). The van der Waals surface area contributed by atoms with Crippen LogP contribution in [0, 0.1) is 6.92 Å². The van der Waals surface area contributed by atoms with E-state index in [9.17, 15) is 0 Å². The van der Waals surface area contributed by atoms with Gasteiger partial charge in [-0.05, 0) is 57.3 Å². The van der Waals surface area contributed by atoms with Gasteiger partial charge in [-0.25, -0.2) is 0 Å². The van der Waals surface area contributed by atoms with Crippen molar-refractivity contribution >= 4 is 33.7 Å². The molecule has 0 aliphatic heterocycles. The highest BCUT2D eigenvalue weighted by Crippen LogP contribution is 2.22. The van der Waals surface area contributed by atoms with E-state index in [-0.39, 0.29) is 0 Å². The fourth-order valence-electron chi connectivity index (χ4n) is 3.05. The fraction of sp³-hybridized carbons (Fsp3) is 0.0435. The third-order valence-electron chi connectivity index (χ3n) is 4.36. The number of aryl methyl sites for hydroxylation is 1. The van der Waals surface area contributed by atoms with Gasteiger partial charge in [0.2, 0.25) is 0 Å². The Morgan fingerprint density at radius 2 is 1.17 bits per heavy atom. The molecule has 0 aromatic heterocycles. The minimum atomic E-state index is 1.23. The van der Waals surface area contributed by atoms with E-state index in [0.717, 1.165) is 0 Å². The molecule has 110 valence electrons. The average Bonchev–Trinajstić information content (AvgIpc) is 2.59. The Hall–Kier alpha value is -2.86. The van der Waals surface area contributed by atoms with Crippen LogP contribution in [0.1, 0.15) is 16.7 Å². The summed E-state index contributed by atoms with van der Waals surface area (Å²) >= 11 is 0. The molecule has 0 nitrogen and oxygen atoms in total. The normalized spacial score (nSPS) is 11.5. The number of rotatable bonds is 2. The highest BCUT2D eigenvalue weighted by Gasteiger charge is 1.99. The quantitative estimate of drug-likeness (QED) is 0.371. The molecule has 0 saturated carbocycles. The van der Waals surface area contributed by atoms with E-state index in [0.29, 0.717) is 0 Å². The highest BCUT2D eigenvalue weighted by atomic mass is 14.0. The molecule has 0 saturated heterocycles. The molecule has 0 aliphatic carbocycles. The van der Waals surface area contributed by atoms with Crippen LogP contribution >= 0.6 is 0 Å². The molecule has 4 aromatic rings. The second-order valence-corrected chi connectivity index (χ2v) is 6.00. The summed E-state index contributed by atoms with van der Waals surface area (Å²) in [6.07, 6.45) is 4.41. The lowest BCUT2D eigenvalue weighted by atomic mass is 10.0. The van der Waals surface area contributed by atoms with Gasteiger partial charge in [0.25, 0.3) is 0 Å². The molecular formula is C23H18. The Morgan fingerprint density at radius 1 is 0.565 bits per heavy atom. The summed E-state index contributed by atoms with van der Waals surface area (Å²) in [6, 6.07) is 28.1. The Kier molecular flexibility index (Phi) is 3.44. The lowest BCUT2D eigenvalue weighted by Gasteiger charge is -2.05. The van der Waals surface area contributed by atoms with Gasteiger partial charge in [0.15, 0.2) is 0 Å². The number of hydrogen-bond donors (Lipinski definition) is 0. The summed E-state index contributed by atoms with van der Waals surface area (Å²) in [5.41, 5.74) is 3.81. The molecular weight excluding hydrogens is 276 g/mol. The van der Waals surface area contributed by atoms with Gasteiger partial charge in [0.1, 0.15) is 0 Å². The number of benzene rings is 4. The SMILES string of the molecule is Cc1cc2ccccc2cc1C=Cc1ccc2ccccc2c1. The van der Waals surface area contributed by atoms with Crippen LogP contribution in [0.5, 0.6) is 0 Å². The molecule has 0 N–H and O–H groups in total. The third kappa shape index (κ3) is 2.76. The molecule has 0 unspecified atom stereocenters. The largest absolute Gasteiger partial charge is 0.0616 e. The monoisotopic (exact) mass is 294 g/mol. The molecule has 0 spiro atoms. The fourth-order valence-corrected chi connectivity index (χ4v) is 3.05. The van der Waals surface area contributed by atoms with Crippen LogP contribution in [-0.4, -0.2) is 0 Å². The van der Waals surface area contributed by atoms with Crippen molar-refractivity contribution in [2.45, 2.75) is 6.92 Å². The lowest BCUT2D eigenvalue weighted by molar-refractivity contribution is 1.48. The van der Waals surface area contributed by atoms with Crippen LogP contribution in [0.4, 0.5) is 0 Å². The van der Waals surface area contributed by atoms with Gasteiger partial charge < -0.3 is 0 Å². The highest BCUT2D eigenvalue weighted by molar-refractivity contribution is 5.89. The molecule has 0 amide bonds. The van der Waals surface area contributed by atoms with Crippen molar-refractivity contribution in [3.05, 3.63) is 95.6 Å². The van der Waals surface area contributed by atoms with E-state index in [4.69, 9.17) is 0 Å². The first-order valence-corrected chi connectivity index (χ1v) is 7.96. The van der Waals surface area contributed by atoms with E-state index >= 15 is 0 Å². The summed E-state index contributed by atoms with van der Waals surface area (Å²) < 4.78 is 0. The Morgan fingerprint density at radius 3 is 1.91 bits per heavy atom. The van der Waals surface area contributed by atoms with Crippen LogP contribution in [0.15, 0.2) is 78.9 Å². The molecule has 0 bridgehead atoms. The van der Waals surface area contributed by atoms with Crippen molar-refractivity contribution in [2.75, 3.05) is 0 Å². The standard InChI is InChI=1S/C23H18/c1-17-14-21-7-4-5-9-23(21)16-20(17)13-11-18-10-12-19-6-2-3-8-22(19)15-18/h2-16H,1H3. The maximum atomic E-state index is 2.27.